The fraction of sp³-hybridized carbons (Fsp3) is 0.600. The number of rotatable bonds is 4. The minimum Gasteiger partial charge on any atom is -0.381 e. The van der Waals surface area contributed by atoms with Gasteiger partial charge in [0, 0.05) is 18.8 Å². The number of sulfone groups is 1. The molecule has 2 unspecified atom stereocenters. The molecule has 1 fully saturated rings. The zero-order chi connectivity index (χ0) is 14.8. The number of hydrogen-bond acceptors (Lipinski definition) is 4. The quantitative estimate of drug-likeness (QED) is 0.925. The Morgan fingerprint density at radius 3 is 2.70 bits per heavy atom. The van der Waals surface area contributed by atoms with E-state index in [1.165, 1.54) is 19.1 Å². The van der Waals surface area contributed by atoms with Gasteiger partial charge >= 0.3 is 0 Å². The van der Waals surface area contributed by atoms with E-state index in [-0.39, 0.29) is 6.04 Å². The second kappa shape index (κ2) is 6.14. The number of likely N-dealkylation sites (tertiary alicyclic amines) is 1. The molecule has 1 heterocycles. The summed E-state index contributed by atoms with van der Waals surface area (Å²) in [5, 5.41) is 3.40. The molecule has 2 rings (SSSR count). The van der Waals surface area contributed by atoms with Gasteiger partial charge < -0.3 is 10.2 Å². The third-order valence-electron chi connectivity index (χ3n) is 4.04. The van der Waals surface area contributed by atoms with Crippen molar-refractivity contribution in [1.29, 1.82) is 0 Å². The van der Waals surface area contributed by atoms with Gasteiger partial charge in [-0.3, -0.25) is 0 Å². The van der Waals surface area contributed by atoms with Crippen LogP contribution in [0, 0.1) is 5.92 Å². The molecule has 1 aliphatic rings. The molecule has 0 aliphatic carbocycles. The third kappa shape index (κ3) is 3.73. The molecule has 0 aromatic heterocycles. The van der Waals surface area contributed by atoms with Gasteiger partial charge in [-0.2, -0.15) is 0 Å². The summed E-state index contributed by atoms with van der Waals surface area (Å²) in [6, 6.07) is 7.41. The molecule has 112 valence electrons. The van der Waals surface area contributed by atoms with Crippen LogP contribution in [0.4, 0.5) is 5.69 Å². The molecule has 0 spiro atoms. The molecule has 0 bridgehead atoms. The van der Waals surface area contributed by atoms with Crippen LogP contribution in [0.2, 0.25) is 0 Å². The van der Waals surface area contributed by atoms with Crippen molar-refractivity contribution in [3.05, 3.63) is 24.3 Å². The average Bonchev–Trinajstić information content (AvgIpc) is 2.38. The number of anilines is 1. The zero-order valence-electron chi connectivity index (χ0n) is 12.5. The van der Waals surface area contributed by atoms with E-state index in [1.807, 2.05) is 12.1 Å². The van der Waals surface area contributed by atoms with Gasteiger partial charge in [-0.05, 0) is 51.4 Å². The Labute approximate surface area is 122 Å². The van der Waals surface area contributed by atoms with Gasteiger partial charge in [-0.1, -0.05) is 12.1 Å². The van der Waals surface area contributed by atoms with Crippen LogP contribution in [-0.2, 0) is 9.84 Å². The highest BCUT2D eigenvalue weighted by molar-refractivity contribution is 7.90. The van der Waals surface area contributed by atoms with Crippen LogP contribution < -0.4 is 5.32 Å². The molecular weight excluding hydrogens is 272 g/mol. The molecule has 1 aliphatic heterocycles. The molecule has 1 aromatic rings. The molecule has 1 aromatic carbocycles. The lowest BCUT2D eigenvalue weighted by atomic mass is 9.92. The summed E-state index contributed by atoms with van der Waals surface area (Å²) in [4.78, 5) is 2.73. The van der Waals surface area contributed by atoms with Gasteiger partial charge in [0.05, 0.1) is 10.6 Å². The highest BCUT2D eigenvalue weighted by Gasteiger charge is 2.24. The predicted molar refractivity (Wildman–Crippen MR) is 82.9 cm³/mol. The van der Waals surface area contributed by atoms with Crippen molar-refractivity contribution in [2.45, 2.75) is 30.7 Å². The van der Waals surface area contributed by atoms with Crippen molar-refractivity contribution in [1.82, 2.24) is 4.90 Å². The van der Waals surface area contributed by atoms with E-state index in [0.717, 1.165) is 18.8 Å². The van der Waals surface area contributed by atoms with Crippen molar-refractivity contribution < 1.29 is 8.42 Å². The lowest BCUT2D eigenvalue weighted by Crippen LogP contribution is -2.40. The van der Waals surface area contributed by atoms with Crippen LogP contribution in [0.1, 0.15) is 19.8 Å². The topological polar surface area (TPSA) is 49.4 Å². The maximum absolute atomic E-state index is 11.8. The molecule has 1 N–H and O–H groups in total. The Kier molecular flexibility index (Phi) is 4.70. The summed E-state index contributed by atoms with van der Waals surface area (Å²) in [5.41, 5.74) is 0.718. The first-order valence-electron chi connectivity index (χ1n) is 7.12. The summed E-state index contributed by atoms with van der Waals surface area (Å²) in [6.07, 6.45) is 3.66. The highest BCUT2D eigenvalue weighted by Crippen LogP contribution is 2.25. The fourth-order valence-corrected chi connectivity index (χ4v) is 3.74. The van der Waals surface area contributed by atoms with Gasteiger partial charge in [-0.15, -0.1) is 0 Å². The van der Waals surface area contributed by atoms with E-state index in [9.17, 15) is 8.42 Å². The van der Waals surface area contributed by atoms with E-state index in [4.69, 9.17) is 0 Å². The molecule has 4 nitrogen and oxygen atoms in total. The van der Waals surface area contributed by atoms with Crippen LogP contribution in [0.5, 0.6) is 0 Å². The summed E-state index contributed by atoms with van der Waals surface area (Å²) in [6.45, 7) is 4.36. The fourth-order valence-electron chi connectivity index (χ4n) is 2.89. The van der Waals surface area contributed by atoms with Gasteiger partial charge in [-0.25, -0.2) is 8.42 Å². The first-order chi connectivity index (χ1) is 9.38. The van der Waals surface area contributed by atoms with Crippen LogP contribution in [-0.4, -0.2) is 45.8 Å². The second-order valence-corrected chi connectivity index (χ2v) is 7.85. The lowest BCUT2D eigenvalue weighted by molar-refractivity contribution is 0.197. The summed E-state index contributed by atoms with van der Waals surface area (Å²) in [5.74, 6) is 0.557. The number of hydrogen-bond donors (Lipinski definition) is 1. The minimum atomic E-state index is -3.19. The predicted octanol–water partition coefficient (Wildman–Crippen LogP) is 2.23. The summed E-state index contributed by atoms with van der Waals surface area (Å²) in [7, 11) is -1.05. The Hall–Kier alpha value is -1.07. The standard InChI is InChI=1S/C15H24N2O2S/c1-12(13-7-6-10-17(2)11-13)16-14-8-4-5-9-15(14)20(3,18)19/h4-5,8-9,12-13,16H,6-7,10-11H2,1-3H3. The van der Waals surface area contributed by atoms with E-state index >= 15 is 0 Å². The monoisotopic (exact) mass is 296 g/mol. The molecule has 0 saturated carbocycles. The van der Waals surface area contributed by atoms with Crippen molar-refractivity contribution >= 4 is 15.5 Å². The summed E-state index contributed by atoms with van der Waals surface area (Å²) >= 11 is 0. The molecule has 2 atom stereocenters. The first kappa shape index (κ1) is 15.3. The Bertz CT molecular complexity index is 557. The number of nitrogens with one attached hydrogen (secondary N) is 1. The van der Waals surface area contributed by atoms with Crippen molar-refractivity contribution in [2.75, 3.05) is 31.7 Å². The van der Waals surface area contributed by atoms with Crippen molar-refractivity contribution in [2.24, 2.45) is 5.92 Å². The van der Waals surface area contributed by atoms with Crippen LogP contribution in [0.3, 0.4) is 0 Å². The third-order valence-corrected chi connectivity index (χ3v) is 5.19. The van der Waals surface area contributed by atoms with Crippen molar-refractivity contribution in [3.8, 4) is 0 Å². The highest BCUT2D eigenvalue weighted by atomic mass is 32.2. The largest absolute Gasteiger partial charge is 0.381 e. The molecule has 0 amide bonds. The zero-order valence-corrected chi connectivity index (χ0v) is 13.3. The molecule has 1 saturated heterocycles. The van der Waals surface area contributed by atoms with E-state index in [0.29, 0.717) is 10.8 Å². The minimum absolute atomic E-state index is 0.264. The van der Waals surface area contributed by atoms with E-state index in [2.05, 4.69) is 24.2 Å². The van der Waals surface area contributed by atoms with Gasteiger partial charge in [0.2, 0.25) is 0 Å². The van der Waals surface area contributed by atoms with Crippen molar-refractivity contribution in [3.63, 3.8) is 0 Å². The molecule has 0 radical (unpaired) electrons. The van der Waals surface area contributed by atoms with Gasteiger partial charge in [0.25, 0.3) is 0 Å². The van der Waals surface area contributed by atoms with Gasteiger partial charge in [0.1, 0.15) is 0 Å². The Morgan fingerprint density at radius 2 is 2.05 bits per heavy atom. The SMILES string of the molecule is CC(Nc1ccccc1S(C)(=O)=O)C1CCCN(C)C1. The summed E-state index contributed by atoms with van der Waals surface area (Å²) < 4.78 is 23.6. The Morgan fingerprint density at radius 1 is 1.35 bits per heavy atom. The number of para-hydroxylation sites is 1. The van der Waals surface area contributed by atoms with Gasteiger partial charge in [0.15, 0.2) is 9.84 Å². The molecule has 5 heteroatoms. The van der Waals surface area contributed by atoms with Crippen LogP contribution in [0.25, 0.3) is 0 Å². The first-order valence-corrected chi connectivity index (χ1v) is 9.01. The number of nitrogens with zero attached hydrogens (tertiary/aromatic N) is 1. The van der Waals surface area contributed by atoms with E-state index < -0.39 is 9.84 Å². The normalized spacial score (nSPS) is 22.4. The number of piperidine rings is 1. The van der Waals surface area contributed by atoms with E-state index in [1.54, 1.807) is 12.1 Å². The average molecular weight is 296 g/mol. The number of benzene rings is 1. The second-order valence-electron chi connectivity index (χ2n) is 5.87. The Balaban J connectivity index is 2.14. The molecule has 20 heavy (non-hydrogen) atoms. The maximum atomic E-state index is 11.8. The maximum Gasteiger partial charge on any atom is 0.177 e. The van der Waals surface area contributed by atoms with Crippen LogP contribution in [0.15, 0.2) is 29.2 Å². The van der Waals surface area contributed by atoms with Crippen LogP contribution >= 0.6 is 0 Å². The smallest absolute Gasteiger partial charge is 0.177 e. The molecular formula is C15H24N2O2S. The lowest BCUT2D eigenvalue weighted by Gasteiger charge is -2.34.